The molecule has 5 nitrogen and oxygen atoms in total. The molecule has 0 amide bonds. The van der Waals surface area contributed by atoms with Gasteiger partial charge in [-0.2, -0.15) is 0 Å². The minimum absolute atomic E-state index is 0.0487. The second-order valence-corrected chi connectivity index (χ2v) is 4.33. The van der Waals surface area contributed by atoms with Gasteiger partial charge in [-0.3, -0.25) is 9.59 Å². The molecule has 0 bridgehead atoms. The highest BCUT2D eigenvalue weighted by molar-refractivity contribution is 5.98. The molecule has 6 heteroatoms. The minimum Gasteiger partial charge on any atom is -0.506 e. The highest BCUT2D eigenvalue weighted by Gasteiger charge is 2.15. The van der Waals surface area contributed by atoms with Crippen LogP contribution < -0.4 is 0 Å². The van der Waals surface area contributed by atoms with E-state index in [1.54, 1.807) is 0 Å². The van der Waals surface area contributed by atoms with E-state index in [9.17, 15) is 19.1 Å². The van der Waals surface area contributed by atoms with Crippen LogP contribution in [0.2, 0.25) is 0 Å². The number of halogens is 1. The summed E-state index contributed by atoms with van der Waals surface area (Å²) in [7, 11) is 0. The number of aliphatic carboxylic acids is 1. The van der Waals surface area contributed by atoms with Crippen molar-refractivity contribution < 1.29 is 25.6 Å². The maximum atomic E-state index is 13.2. The number of ketones is 1. The van der Waals surface area contributed by atoms with Crippen LogP contribution in [-0.2, 0) is 4.79 Å². The van der Waals surface area contributed by atoms with Crippen molar-refractivity contribution in [1.29, 1.82) is 0 Å². The molecule has 21 heavy (non-hydrogen) atoms. The first-order valence-corrected chi connectivity index (χ1v) is 6.09. The number of aromatic nitrogens is 1. The molecule has 0 saturated carbocycles. The van der Waals surface area contributed by atoms with Gasteiger partial charge in [0.1, 0.15) is 17.3 Å². The van der Waals surface area contributed by atoms with Crippen molar-refractivity contribution >= 4 is 11.8 Å². The summed E-state index contributed by atoms with van der Waals surface area (Å²) >= 11 is 0. The number of pyridine rings is 1. The lowest BCUT2D eigenvalue weighted by Crippen LogP contribution is -2.06. The predicted octanol–water partition coefficient (Wildman–Crippen LogP) is 2.64. The summed E-state index contributed by atoms with van der Waals surface area (Å²) in [5.41, 5.74) is 0.275. The summed E-state index contributed by atoms with van der Waals surface area (Å²) in [6.07, 6.45) is 0.599. The Bertz CT molecular complexity index is 748. The number of carbonyl (C=O) groups is 2. The van der Waals surface area contributed by atoms with Crippen molar-refractivity contribution in [3.8, 4) is 16.9 Å². The predicted molar refractivity (Wildman–Crippen MR) is 72.5 cm³/mol. The Kier molecular flexibility index (Phi) is 3.86. The molecule has 0 aliphatic heterocycles. The average molecular weight is 290 g/mol. The number of carbonyl (C=O) groups excluding carboxylic acids is 1. The number of hydrogen-bond donors (Lipinski definition) is 2. The second-order valence-electron chi connectivity index (χ2n) is 4.33. The van der Waals surface area contributed by atoms with Crippen LogP contribution in [0.25, 0.3) is 11.1 Å². The molecular formula is C15H12FNO4. The molecule has 0 aliphatic carbocycles. The van der Waals surface area contributed by atoms with Gasteiger partial charge < -0.3 is 10.2 Å². The van der Waals surface area contributed by atoms with Crippen molar-refractivity contribution in [3.63, 3.8) is 0 Å². The number of aromatic hydroxyl groups is 1. The number of carboxylic acids is 1. The Morgan fingerprint density at radius 3 is 2.71 bits per heavy atom. The highest BCUT2D eigenvalue weighted by Crippen LogP contribution is 2.26. The van der Waals surface area contributed by atoms with E-state index in [0.717, 1.165) is 12.1 Å². The SMILES string of the molecule is [2H]c1ccc(F)cc1-c1cnc(C(=O)CCC(=O)O)c(O)c1. The average Bonchev–Trinajstić information content (AvgIpc) is 2.47. The van der Waals surface area contributed by atoms with E-state index in [0.29, 0.717) is 0 Å². The van der Waals surface area contributed by atoms with E-state index in [1.165, 1.54) is 18.3 Å². The lowest BCUT2D eigenvalue weighted by atomic mass is 10.1. The first-order chi connectivity index (χ1) is 10.4. The largest absolute Gasteiger partial charge is 0.506 e. The first-order valence-electron chi connectivity index (χ1n) is 6.59. The van der Waals surface area contributed by atoms with Crippen molar-refractivity contribution in [3.05, 3.63) is 48.0 Å². The third-order valence-electron chi connectivity index (χ3n) is 2.77. The molecule has 1 aromatic heterocycles. The maximum absolute atomic E-state index is 13.2. The summed E-state index contributed by atoms with van der Waals surface area (Å²) in [4.78, 5) is 26.0. The molecule has 0 saturated heterocycles. The van der Waals surface area contributed by atoms with Crippen LogP contribution >= 0.6 is 0 Å². The van der Waals surface area contributed by atoms with Gasteiger partial charge in [0, 0.05) is 18.2 Å². The zero-order chi connectivity index (χ0) is 16.3. The molecule has 0 fully saturated rings. The minimum atomic E-state index is -1.12. The molecule has 0 atom stereocenters. The van der Waals surface area contributed by atoms with Gasteiger partial charge in [-0.1, -0.05) is 12.1 Å². The molecule has 0 radical (unpaired) electrons. The molecule has 0 unspecified atom stereocenters. The zero-order valence-electron chi connectivity index (χ0n) is 11.8. The van der Waals surface area contributed by atoms with Gasteiger partial charge in [-0.05, 0) is 23.8 Å². The van der Waals surface area contributed by atoms with E-state index in [-0.39, 0.29) is 35.7 Å². The standard InChI is InChI=1S/C15H12FNO4/c16-11-3-1-2-9(6-11)10-7-13(19)15(17-8-10)12(18)4-5-14(20)21/h1-3,6-8,19H,4-5H2,(H,20,21)/i2D. The zero-order valence-corrected chi connectivity index (χ0v) is 10.8. The number of nitrogens with zero attached hydrogens (tertiary/aromatic N) is 1. The second kappa shape index (κ2) is 6.13. The van der Waals surface area contributed by atoms with Crippen molar-refractivity contribution in [2.24, 2.45) is 0 Å². The number of Topliss-reactive ketones (excluding diaryl/α,β-unsaturated/α-hetero) is 1. The normalized spacial score (nSPS) is 11.0. The van der Waals surface area contributed by atoms with Gasteiger partial charge in [0.2, 0.25) is 0 Å². The summed E-state index contributed by atoms with van der Waals surface area (Å²) in [5, 5.41) is 18.4. The molecule has 1 heterocycles. The molecular weight excluding hydrogens is 277 g/mol. The van der Waals surface area contributed by atoms with Crippen molar-refractivity contribution in [1.82, 2.24) is 4.98 Å². The topological polar surface area (TPSA) is 87.5 Å². The fourth-order valence-corrected chi connectivity index (χ4v) is 1.76. The number of carboxylic acid groups (broad SMARTS) is 1. The molecule has 1 aromatic carbocycles. The van der Waals surface area contributed by atoms with E-state index < -0.39 is 23.3 Å². The van der Waals surface area contributed by atoms with Crippen LogP contribution in [0.4, 0.5) is 4.39 Å². The van der Waals surface area contributed by atoms with Crippen LogP contribution in [0, 0.1) is 5.82 Å². The summed E-state index contributed by atoms with van der Waals surface area (Å²) < 4.78 is 21.0. The molecule has 0 aliphatic rings. The molecule has 2 rings (SSSR count). The fourth-order valence-electron chi connectivity index (χ4n) is 1.76. The van der Waals surface area contributed by atoms with Gasteiger partial charge in [-0.25, -0.2) is 9.37 Å². The summed E-state index contributed by atoms with van der Waals surface area (Å²) in [6, 6.07) is 4.79. The highest BCUT2D eigenvalue weighted by atomic mass is 19.1. The van der Waals surface area contributed by atoms with E-state index in [1.807, 2.05) is 0 Å². The van der Waals surface area contributed by atoms with Crippen molar-refractivity contribution in [2.75, 3.05) is 0 Å². The van der Waals surface area contributed by atoms with Crippen LogP contribution in [0.1, 0.15) is 24.7 Å². The number of benzene rings is 1. The quantitative estimate of drug-likeness (QED) is 0.826. The van der Waals surface area contributed by atoms with Gasteiger partial charge >= 0.3 is 5.97 Å². The number of hydrogen-bond acceptors (Lipinski definition) is 4. The van der Waals surface area contributed by atoms with Gasteiger partial charge in [0.05, 0.1) is 7.79 Å². The molecule has 2 aromatic rings. The Hall–Kier alpha value is -2.76. The molecule has 108 valence electrons. The molecule has 2 N–H and O–H groups in total. The first kappa shape index (κ1) is 13.2. The lowest BCUT2D eigenvalue weighted by molar-refractivity contribution is -0.136. The smallest absolute Gasteiger partial charge is 0.303 e. The Balaban J connectivity index is 2.32. The third-order valence-corrected chi connectivity index (χ3v) is 2.77. The van der Waals surface area contributed by atoms with E-state index in [2.05, 4.69) is 4.98 Å². The fraction of sp³-hybridized carbons (Fsp3) is 0.133. The van der Waals surface area contributed by atoms with Crippen LogP contribution in [0.5, 0.6) is 5.75 Å². The van der Waals surface area contributed by atoms with E-state index >= 15 is 0 Å². The van der Waals surface area contributed by atoms with Crippen molar-refractivity contribution in [2.45, 2.75) is 12.8 Å². The maximum Gasteiger partial charge on any atom is 0.303 e. The van der Waals surface area contributed by atoms with E-state index in [4.69, 9.17) is 6.48 Å². The summed E-state index contributed by atoms with van der Waals surface area (Å²) in [5.74, 6) is -2.69. The van der Waals surface area contributed by atoms with Gasteiger partial charge in [0.25, 0.3) is 0 Å². The monoisotopic (exact) mass is 290 g/mol. The molecule has 0 spiro atoms. The van der Waals surface area contributed by atoms with Gasteiger partial charge in [0.15, 0.2) is 5.78 Å². The Labute approximate surface area is 121 Å². The van der Waals surface area contributed by atoms with Crippen LogP contribution in [0.3, 0.4) is 0 Å². The Morgan fingerprint density at radius 2 is 2.05 bits per heavy atom. The lowest BCUT2D eigenvalue weighted by Gasteiger charge is -2.06. The van der Waals surface area contributed by atoms with Gasteiger partial charge in [-0.15, -0.1) is 0 Å². The number of rotatable bonds is 5. The van der Waals surface area contributed by atoms with Crippen LogP contribution in [-0.4, -0.2) is 26.9 Å². The summed E-state index contributed by atoms with van der Waals surface area (Å²) in [6.45, 7) is 0. The third kappa shape index (κ3) is 3.62. The Morgan fingerprint density at radius 1 is 1.29 bits per heavy atom. The van der Waals surface area contributed by atoms with Crippen LogP contribution in [0.15, 0.2) is 36.5 Å².